The molecule has 0 saturated heterocycles. The number of benzene rings is 1. The van der Waals surface area contributed by atoms with Crippen LogP contribution in [-0.4, -0.2) is 25.6 Å². The van der Waals surface area contributed by atoms with E-state index in [0.29, 0.717) is 6.54 Å². The van der Waals surface area contributed by atoms with E-state index in [9.17, 15) is 8.78 Å². The fraction of sp³-hybridized carbons (Fsp3) is 0.500. The lowest BCUT2D eigenvalue weighted by Crippen LogP contribution is -2.39. The number of hydrogen-bond acceptors (Lipinski definition) is 2. The van der Waals surface area contributed by atoms with Crippen LogP contribution in [-0.2, 0) is 6.42 Å². The van der Waals surface area contributed by atoms with E-state index in [2.05, 4.69) is 5.32 Å². The summed E-state index contributed by atoms with van der Waals surface area (Å²) >= 11 is 0. The van der Waals surface area contributed by atoms with E-state index in [4.69, 9.17) is 5.73 Å². The van der Waals surface area contributed by atoms with Crippen LogP contribution in [0.15, 0.2) is 30.3 Å². The van der Waals surface area contributed by atoms with E-state index < -0.39 is 6.43 Å². The van der Waals surface area contributed by atoms with Crippen molar-refractivity contribution in [3.05, 3.63) is 35.9 Å². The standard InChI is InChI=1S/C12H18F2N2/c13-12(14)9-16-11(8-15)7-6-10-4-2-1-3-5-10/h1-5,11-12,16H,6-9,15H2. The first kappa shape index (κ1) is 13.1. The van der Waals surface area contributed by atoms with Gasteiger partial charge in [-0.1, -0.05) is 30.3 Å². The van der Waals surface area contributed by atoms with Gasteiger partial charge in [-0.15, -0.1) is 0 Å². The molecule has 0 saturated carbocycles. The minimum Gasteiger partial charge on any atom is -0.329 e. The Balaban J connectivity index is 2.28. The lowest BCUT2D eigenvalue weighted by Gasteiger charge is -2.16. The number of rotatable bonds is 7. The van der Waals surface area contributed by atoms with Crippen molar-refractivity contribution in [1.82, 2.24) is 5.32 Å². The summed E-state index contributed by atoms with van der Waals surface area (Å²) in [4.78, 5) is 0. The third kappa shape index (κ3) is 5.19. The Bertz CT molecular complexity index is 278. The molecule has 4 heteroatoms. The quantitative estimate of drug-likeness (QED) is 0.747. The molecule has 1 unspecified atom stereocenters. The van der Waals surface area contributed by atoms with Crippen LogP contribution in [0, 0.1) is 0 Å². The fourth-order valence-corrected chi connectivity index (χ4v) is 1.54. The molecule has 0 fully saturated rings. The first-order chi connectivity index (χ1) is 7.72. The number of aryl methyl sites for hydroxylation is 1. The predicted molar refractivity (Wildman–Crippen MR) is 61.6 cm³/mol. The molecule has 0 amide bonds. The molecule has 0 radical (unpaired) electrons. The van der Waals surface area contributed by atoms with Crippen molar-refractivity contribution in [2.45, 2.75) is 25.3 Å². The maximum Gasteiger partial charge on any atom is 0.250 e. The molecule has 1 atom stereocenters. The topological polar surface area (TPSA) is 38.0 Å². The summed E-state index contributed by atoms with van der Waals surface area (Å²) < 4.78 is 24.0. The van der Waals surface area contributed by atoms with Gasteiger partial charge in [0.05, 0.1) is 6.54 Å². The molecule has 0 bridgehead atoms. The van der Waals surface area contributed by atoms with Crippen LogP contribution >= 0.6 is 0 Å². The zero-order valence-corrected chi connectivity index (χ0v) is 9.20. The van der Waals surface area contributed by atoms with Gasteiger partial charge < -0.3 is 11.1 Å². The van der Waals surface area contributed by atoms with Crippen molar-refractivity contribution in [3.63, 3.8) is 0 Å². The average molecular weight is 228 g/mol. The highest BCUT2D eigenvalue weighted by Gasteiger charge is 2.09. The maximum absolute atomic E-state index is 12.0. The number of nitrogens with one attached hydrogen (secondary N) is 1. The first-order valence-electron chi connectivity index (χ1n) is 5.48. The molecule has 2 nitrogen and oxygen atoms in total. The van der Waals surface area contributed by atoms with E-state index >= 15 is 0 Å². The SMILES string of the molecule is NCC(CCc1ccccc1)NCC(F)F. The van der Waals surface area contributed by atoms with Crippen LogP contribution in [0.4, 0.5) is 8.78 Å². The molecular formula is C12H18F2N2. The van der Waals surface area contributed by atoms with Crippen molar-refractivity contribution < 1.29 is 8.78 Å². The molecule has 0 heterocycles. The second-order valence-corrected chi connectivity index (χ2v) is 3.76. The van der Waals surface area contributed by atoms with Gasteiger partial charge in [-0.2, -0.15) is 0 Å². The highest BCUT2D eigenvalue weighted by molar-refractivity contribution is 5.14. The summed E-state index contributed by atoms with van der Waals surface area (Å²) in [5, 5.41) is 2.76. The van der Waals surface area contributed by atoms with Crippen LogP contribution in [0.2, 0.25) is 0 Å². The Morgan fingerprint density at radius 3 is 2.44 bits per heavy atom. The van der Waals surface area contributed by atoms with Gasteiger partial charge in [0.1, 0.15) is 0 Å². The maximum atomic E-state index is 12.0. The van der Waals surface area contributed by atoms with Gasteiger partial charge in [0.2, 0.25) is 0 Å². The largest absolute Gasteiger partial charge is 0.329 e. The smallest absolute Gasteiger partial charge is 0.250 e. The third-order valence-corrected chi connectivity index (χ3v) is 2.47. The Morgan fingerprint density at radius 1 is 1.19 bits per heavy atom. The van der Waals surface area contributed by atoms with Crippen LogP contribution in [0.5, 0.6) is 0 Å². The van der Waals surface area contributed by atoms with E-state index in [1.807, 2.05) is 30.3 Å². The summed E-state index contributed by atoms with van der Waals surface area (Å²) in [6, 6.07) is 9.92. The molecule has 90 valence electrons. The van der Waals surface area contributed by atoms with Crippen LogP contribution in [0.25, 0.3) is 0 Å². The lowest BCUT2D eigenvalue weighted by atomic mass is 10.1. The number of nitrogens with two attached hydrogens (primary N) is 1. The van der Waals surface area contributed by atoms with Crippen molar-refractivity contribution >= 4 is 0 Å². The fourth-order valence-electron chi connectivity index (χ4n) is 1.54. The molecule has 0 aliphatic carbocycles. The van der Waals surface area contributed by atoms with Crippen molar-refractivity contribution in [3.8, 4) is 0 Å². The third-order valence-electron chi connectivity index (χ3n) is 2.47. The molecule has 1 aromatic rings. The van der Waals surface area contributed by atoms with E-state index in [1.165, 1.54) is 5.56 Å². The summed E-state index contributed by atoms with van der Waals surface area (Å²) in [6.07, 6.45) is -0.669. The molecule has 0 aliphatic heterocycles. The van der Waals surface area contributed by atoms with Gasteiger partial charge >= 0.3 is 0 Å². The Morgan fingerprint density at radius 2 is 1.88 bits per heavy atom. The summed E-state index contributed by atoms with van der Waals surface area (Å²) in [7, 11) is 0. The minimum absolute atomic E-state index is 0.0331. The predicted octanol–water partition coefficient (Wildman–Crippen LogP) is 1.80. The Kier molecular flexibility index (Phi) is 5.96. The number of hydrogen-bond donors (Lipinski definition) is 2. The molecule has 16 heavy (non-hydrogen) atoms. The minimum atomic E-state index is -2.31. The molecular weight excluding hydrogens is 210 g/mol. The summed E-state index contributed by atoms with van der Waals surface area (Å²) in [5.41, 5.74) is 6.72. The Labute approximate surface area is 94.8 Å². The van der Waals surface area contributed by atoms with Crippen LogP contribution < -0.4 is 11.1 Å². The van der Waals surface area contributed by atoms with E-state index in [1.54, 1.807) is 0 Å². The number of halogens is 2. The van der Waals surface area contributed by atoms with Crippen molar-refractivity contribution in [2.24, 2.45) is 5.73 Å². The molecule has 3 N–H and O–H groups in total. The van der Waals surface area contributed by atoms with Crippen LogP contribution in [0.1, 0.15) is 12.0 Å². The van der Waals surface area contributed by atoms with E-state index in [-0.39, 0.29) is 12.6 Å². The number of alkyl halides is 2. The van der Waals surface area contributed by atoms with Gasteiger partial charge in [0.25, 0.3) is 6.43 Å². The molecule has 1 rings (SSSR count). The van der Waals surface area contributed by atoms with Gasteiger partial charge in [-0.3, -0.25) is 0 Å². The zero-order valence-electron chi connectivity index (χ0n) is 9.20. The van der Waals surface area contributed by atoms with Gasteiger partial charge in [0, 0.05) is 12.6 Å². The van der Waals surface area contributed by atoms with Crippen LogP contribution in [0.3, 0.4) is 0 Å². The van der Waals surface area contributed by atoms with Crippen molar-refractivity contribution in [1.29, 1.82) is 0 Å². The van der Waals surface area contributed by atoms with Crippen molar-refractivity contribution in [2.75, 3.05) is 13.1 Å². The highest BCUT2D eigenvalue weighted by Crippen LogP contribution is 2.04. The Hall–Kier alpha value is -1.00. The summed E-state index contributed by atoms with van der Waals surface area (Å²) in [6.45, 7) is 0.107. The molecule has 0 aliphatic rings. The second kappa shape index (κ2) is 7.30. The average Bonchev–Trinajstić information content (AvgIpc) is 2.30. The normalized spacial score (nSPS) is 13.0. The van der Waals surface area contributed by atoms with E-state index in [0.717, 1.165) is 12.8 Å². The highest BCUT2D eigenvalue weighted by atomic mass is 19.3. The first-order valence-corrected chi connectivity index (χ1v) is 5.48. The lowest BCUT2D eigenvalue weighted by molar-refractivity contribution is 0.141. The van der Waals surface area contributed by atoms with Gasteiger partial charge in [-0.05, 0) is 18.4 Å². The van der Waals surface area contributed by atoms with Gasteiger partial charge in [0.15, 0.2) is 0 Å². The zero-order chi connectivity index (χ0) is 11.8. The monoisotopic (exact) mass is 228 g/mol. The van der Waals surface area contributed by atoms with Gasteiger partial charge in [-0.25, -0.2) is 8.78 Å². The molecule has 0 aromatic heterocycles. The summed E-state index contributed by atoms with van der Waals surface area (Å²) in [5.74, 6) is 0. The second-order valence-electron chi connectivity index (χ2n) is 3.76. The molecule has 1 aromatic carbocycles. The molecule has 0 spiro atoms.